The molecule has 84 valence electrons. The van der Waals surface area contributed by atoms with Gasteiger partial charge in [-0.25, -0.2) is 4.79 Å². The van der Waals surface area contributed by atoms with Crippen molar-refractivity contribution in [3.8, 4) is 0 Å². The predicted molar refractivity (Wildman–Crippen MR) is 62.8 cm³/mol. The lowest BCUT2D eigenvalue weighted by molar-refractivity contribution is -0.132. The number of hydrogen-bond donors (Lipinski definition) is 1. The highest BCUT2D eigenvalue weighted by atomic mass is 16.4. The molecule has 2 nitrogen and oxygen atoms in total. The van der Waals surface area contributed by atoms with Crippen LogP contribution in [-0.4, -0.2) is 11.1 Å². The first-order valence-corrected chi connectivity index (χ1v) is 5.53. The Morgan fingerprint density at radius 1 is 1.33 bits per heavy atom. The van der Waals surface area contributed by atoms with Gasteiger partial charge in [-0.3, -0.25) is 0 Å². The second-order valence-corrected chi connectivity index (χ2v) is 3.40. The van der Waals surface area contributed by atoms with Crippen LogP contribution in [0.3, 0.4) is 0 Å². The van der Waals surface area contributed by atoms with Gasteiger partial charge in [-0.2, -0.15) is 0 Å². The van der Waals surface area contributed by atoms with Crippen LogP contribution >= 0.6 is 0 Å². The molecule has 0 aromatic rings. The summed E-state index contributed by atoms with van der Waals surface area (Å²) in [5.41, 5.74) is 2.92. The zero-order valence-electron chi connectivity index (χ0n) is 9.62. The van der Waals surface area contributed by atoms with Crippen LogP contribution in [0.15, 0.2) is 29.5 Å². The molecule has 0 aromatic carbocycles. The molecule has 0 bridgehead atoms. The van der Waals surface area contributed by atoms with Crippen molar-refractivity contribution in [2.24, 2.45) is 0 Å². The van der Waals surface area contributed by atoms with Crippen LogP contribution in [0.4, 0.5) is 0 Å². The van der Waals surface area contributed by atoms with Crippen molar-refractivity contribution >= 4 is 5.97 Å². The van der Waals surface area contributed by atoms with E-state index in [0.29, 0.717) is 0 Å². The van der Waals surface area contributed by atoms with Gasteiger partial charge in [0.1, 0.15) is 5.57 Å². The fourth-order valence-electron chi connectivity index (χ4n) is 1.23. The highest BCUT2D eigenvalue weighted by Crippen LogP contribution is 2.04. The minimum atomic E-state index is -0.919. The van der Waals surface area contributed by atoms with E-state index in [9.17, 15) is 4.79 Å². The van der Waals surface area contributed by atoms with E-state index in [1.165, 1.54) is 19.3 Å². The molecule has 0 aliphatic rings. The zero-order chi connectivity index (χ0) is 11.5. The van der Waals surface area contributed by atoms with Gasteiger partial charge in [-0.1, -0.05) is 32.3 Å². The first-order chi connectivity index (χ1) is 7.22. The molecule has 0 unspecified atom stereocenters. The van der Waals surface area contributed by atoms with Crippen LogP contribution in [0.2, 0.25) is 0 Å². The molecule has 1 N–H and O–H groups in total. The van der Waals surface area contributed by atoms with Crippen molar-refractivity contribution in [3.63, 3.8) is 0 Å². The summed E-state index contributed by atoms with van der Waals surface area (Å²) >= 11 is 0. The molecular weight excluding hydrogens is 188 g/mol. The van der Waals surface area contributed by atoms with Crippen LogP contribution in [0.5, 0.6) is 0 Å². The molecule has 0 rings (SSSR count). The van der Waals surface area contributed by atoms with Gasteiger partial charge in [0.05, 0.1) is 0 Å². The zero-order valence-corrected chi connectivity index (χ0v) is 9.62. The number of allylic oxidation sites excluding steroid dienone is 1. The second kappa shape index (κ2) is 9.29. The van der Waals surface area contributed by atoms with Crippen LogP contribution in [-0.2, 0) is 4.79 Å². The standard InChI is InChI=1S/C13H20O2/c1-3-5-6-7-8-9-11-12(10-4-2)13(14)15/h4,9,11H,3,5-8H2,1-2H3,(H,14,15). The van der Waals surface area contributed by atoms with E-state index in [-0.39, 0.29) is 5.57 Å². The first kappa shape index (κ1) is 13.7. The highest BCUT2D eigenvalue weighted by Gasteiger charge is 1.99. The Hall–Kier alpha value is -1.27. The number of carboxylic acid groups (broad SMARTS) is 1. The minimum absolute atomic E-state index is 0.230. The van der Waals surface area contributed by atoms with Crippen LogP contribution < -0.4 is 0 Å². The average Bonchev–Trinajstić information content (AvgIpc) is 2.21. The van der Waals surface area contributed by atoms with Crippen molar-refractivity contribution in [2.75, 3.05) is 0 Å². The van der Waals surface area contributed by atoms with E-state index in [1.54, 1.807) is 19.1 Å². The van der Waals surface area contributed by atoms with Gasteiger partial charge >= 0.3 is 5.97 Å². The predicted octanol–water partition coefficient (Wildman–Crippen LogP) is 3.70. The summed E-state index contributed by atoms with van der Waals surface area (Å²) < 4.78 is 0. The van der Waals surface area contributed by atoms with Crippen LogP contribution in [0, 0.1) is 0 Å². The third-order valence-electron chi connectivity index (χ3n) is 2.04. The summed E-state index contributed by atoms with van der Waals surface area (Å²) in [6.45, 7) is 3.94. The van der Waals surface area contributed by atoms with E-state index in [2.05, 4.69) is 12.7 Å². The van der Waals surface area contributed by atoms with Gasteiger partial charge in [0, 0.05) is 0 Å². The molecule has 2 heteroatoms. The molecule has 0 aliphatic carbocycles. The lowest BCUT2D eigenvalue weighted by atomic mass is 10.1. The molecule has 0 radical (unpaired) electrons. The monoisotopic (exact) mass is 208 g/mol. The van der Waals surface area contributed by atoms with Crippen LogP contribution in [0.25, 0.3) is 0 Å². The molecule has 0 saturated heterocycles. The Morgan fingerprint density at radius 2 is 2.07 bits per heavy atom. The lowest BCUT2D eigenvalue weighted by Crippen LogP contribution is -1.95. The van der Waals surface area contributed by atoms with Crippen molar-refractivity contribution in [1.29, 1.82) is 0 Å². The molecule has 0 fully saturated rings. The summed E-state index contributed by atoms with van der Waals surface area (Å²) in [6.07, 6.45) is 10.9. The van der Waals surface area contributed by atoms with E-state index < -0.39 is 5.97 Å². The molecule has 0 amide bonds. The quantitative estimate of drug-likeness (QED) is 0.300. The first-order valence-electron chi connectivity index (χ1n) is 5.53. The summed E-state index contributed by atoms with van der Waals surface area (Å²) in [4.78, 5) is 10.7. The summed E-state index contributed by atoms with van der Waals surface area (Å²) in [5.74, 6) is -0.919. The number of carbonyl (C=O) groups is 1. The number of aliphatic carboxylic acids is 1. The summed E-state index contributed by atoms with van der Waals surface area (Å²) in [5, 5.41) is 8.77. The third-order valence-corrected chi connectivity index (χ3v) is 2.04. The number of unbranched alkanes of at least 4 members (excludes halogenated alkanes) is 4. The van der Waals surface area contributed by atoms with E-state index in [4.69, 9.17) is 5.11 Å². The smallest absolute Gasteiger partial charge is 0.343 e. The molecule has 0 atom stereocenters. The minimum Gasteiger partial charge on any atom is -0.477 e. The summed E-state index contributed by atoms with van der Waals surface area (Å²) in [6, 6.07) is 0. The Balaban J connectivity index is 3.93. The fraction of sp³-hybridized carbons (Fsp3) is 0.538. The average molecular weight is 208 g/mol. The number of carboxylic acids is 1. The van der Waals surface area contributed by atoms with Gasteiger partial charge in [-0.05, 0) is 31.9 Å². The second-order valence-electron chi connectivity index (χ2n) is 3.40. The highest BCUT2D eigenvalue weighted by molar-refractivity contribution is 5.89. The molecule has 15 heavy (non-hydrogen) atoms. The summed E-state index contributed by atoms with van der Waals surface area (Å²) in [7, 11) is 0. The Kier molecular flexibility index (Phi) is 8.50. The van der Waals surface area contributed by atoms with Gasteiger partial charge in [0.2, 0.25) is 0 Å². The van der Waals surface area contributed by atoms with E-state index in [0.717, 1.165) is 12.8 Å². The molecule has 0 spiro atoms. The van der Waals surface area contributed by atoms with Gasteiger partial charge in [0.25, 0.3) is 0 Å². The van der Waals surface area contributed by atoms with Gasteiger partial charge in [-0.15, -0.1) is 5.73 Å². The van der Waals surface area contributed by atoms with Crippen molar-refractivity contribution in [3.05, 3.63) is 29.5 Å². The van der Waals surface area contributed by atoms with Gasteiger partial charge < -0.3 is 5.11 Å². The molecule has 0 heterocycles. The van der Waals surface area contributed by atoms with E-state index >= 15 is 0 Å². The third kappa shape index (κ3) is 7.77. The van der Waals surface area contributed by atoms with Gasteiger partial charge in [0.15, 0.2) is 0 Å². The van der Waals surface area contributed by atoms with Crippen LogP contribution in [0.1, 0.15) is 46.0 Å². The fourth-order valence-corrected chi connectivity index (χ4v) is 1.23. The largest absolute Gasteiger partial charge is 0.477 e. The molecule has 0 aromatic heterocycles. The Bertz CT molecular complexity index is 268. The molecule has 0 aliphatic heterocycles. The SMILES string of the molecule is CC=C=C(C=CCCCCCC)C(=O)O. The van der Waals surface area contributed by atoms with Crippen molar-refractivity contribution in [2.45, 2.75) is 46.0 Å². The van der Waals surface area contributed by atoms with Crippen molar-refractivity contribution < 1.29 is 9.90 Å². The maximum atomic E-state index is 10.7. The van der Waals surface area contributed by atoms with E-state index in [1.807, 2.05) is 6.08 Å². The maximum Gasteiger partial charge on any atom is 0.343 e. The maximum absolute atomic E-state index is 10.7. The topological polar surface area (TPSA) is 37.3 Å². The molecule has 0 saturated carbocycles. The Labute approximate surface area is 92.0 Å². The number of hydrogen-bond acceptors (Lipinski definition) is 1. The van der Waals surface area contributed by atoms with Crippen molar-refractivity contribution in [1.82, 2.24) is 0 Å². The lowest BCUT2D eigenvalue weighted by Gasteiger charge is -1.94. The molecular formula is C13H20O2. The normalized spacial score (nSPS) is 10.0. The Morgan fingerprint density at radius 3 is 2.60 bits per heavy atom. The number of rotatable bonds is 7.